The third-order valence-corrected chi connectivity index (χ3v) is 12.4. The molecule has 7 heteroatoms. The normalized spacial score (nSPS) is 39.5. The average molecular weight is 520 g/mol. The fourth-order valence-electron chi connectivity index (χ4n) is 3.85. The number of esters is 1. The number of carbonyl (C=O) groups is 1. The van der Waals surface area contributed by atoms with Gasteiger partial charge < -0.3 is 0 Å². The van der Waals surface area contributed by atoms with Crippen LogP contribution in [0.1, 0.15) is 52.4 Å². The molecule has 1 spiro atoms. The Kier molecular flexibility index (Phi) is 3.58. The van der Waals surface area contributed by atoms with E-state index in [1.165, 1.54) is 19.3 Å². The molecule has 4 aliphatic rings. The Morgan fingerprint density at radius 1 is 1.38 bits per heavy atom. The van der Waals surface area contributed by atoms with Crippen LogP contribution in [0.2, 0.25) is 0 Å². The molecule has 0 radical (unpaired) electrons. The van der Waals surface area contributed by atoms with Crippen LogP contribution in [0.15, 0.2) is 0 Å². The standard InChI is InChI=1S/C14H22I2N2O3/c1-9-8-13(6-4-3-5-7-13)11(20-9)21-10(19)12(2,15)14-16(17-14)18-14/h9,11,17-18H,3-8H2,1-2H3. The molecule has 21 heavy (non-hydrogen) atoms. The number of hydrogen-bond acceptors (Lipinski definition) is 5. The molecule has 2 N–H and O–H groups in total. The van der Waals surface area contributed by atoms with Crippen molar-refractivity contribution in [3.05, 3.63) is 0 Å². The molecule has 0 amide bonds. The van der Waals surface area contributed by atoms with Crippen molar-refractivity contribution in [2.24, 2.45) is 5.41 Å². The van der Waals surface area contributed by atoms with E-state index in [4.69, 9.17) is 9.47 Å². The first-order valence-electron chi connectivity index (χ1n) is 7.71. The molecule has 0 aromatic carbocycles. The van der Waals surface area contributed by atoms with Crippen LogP contribution in [0.25, 0.3) is 0 Å². The van der Waals surface area contributed by atoms with Crippen molar-refractivity contribution in [2.45, 2.75) is 71.9 Å². The molecule has 0 aromatic heterocycles. The summed E-state index contributed by atoms with van der Waals surface area (Å²) in [5, 5.41) is 0. The van der Waals surface area contributed by atoms with Crippen LogP contribution in [0, 0.1) is 5.41 Å². The SMILES string of the molecule is CC1CC2(CCCCC2)C(OC(=O)C(C)(I)C23NI2N3)O1. The van der Waals surface area contributed by atoms with E-state index in [1.54, 1.807) is 0 Å². The summed E-state index contributed by atoms with van der Waals surface area (Å²) in [6.45, 7) is 4.08. The number of alkyl halides is 2. The fourth-order valence-corrected chi connectivity index (χ4v) is 11.6. The summed E-state index contributed by atoms with van der Waals surface area (Å²) in [6.07, 6.45) is 6.91. The van der Waals surface area contributed by atoms with E-state index in [0.29, 0.717) is 0 Å². The third-order valence-electron chi connectivity index (χ3n) is 5.31. The molecular formula is C14H22I2N2O3. The van der Waals surface area contributed by atoms with E-state index < -0.39 is 23.8 Å². The molecule has 4 rings (SSSR count). The van der Waals surface area contributed by atoms with Crippen LogP contribution < -0.4 is 7.06 Å². The van der Waals surface area contributed by atoms with Crippen LogP contribution in [-0.2, 0) is 14.3 Å². The van der Waals surface area contributed by atoms with Crippen LogP contribution in [0.5, 0.6) is 0 Å². The minimum absolute atomic E-state index is 0.0709. The molecule has 4 fully saturated rings. The third kappa shape index (κ3) is 2.28. The molecule has 1 aliphatic carbocycles. The summed E-state index contributed by atoms with van der Waals surface area (Å²) >= 11 is 1.09. The number of carbonyl (C=O) groups excluding carboxylic acids is 1. The van der Waals surface area contributed by atoms with Gasteiger partial charge in [0.05, 0.1) is 0 Å². The van der Waals surface area contributed by atoms with Crippen LogP contribution >= 0.6 is 43.0 Å². The second-order valence-electron chi connectivity index (χ2n) is 6.94. The summed E-state index contributed by atoms with van der Waals surface area (Å²) in [4.78, 5) is 12.7. The molecule has 3 unspecified atom stereocenters. The van der Waals surface area contributed by atoms with Gasteiger partial charge in [-0.3, -0.25) is 0 Å². The van der Waals surface area contributed by atoms with E-state index in [-0.39, 0.29) is 27.4 Å². The zero-order valence-electron chi connectivity index (χ0n) is 12.4. The van der Waals surface area contributed by atoms with Crippen molar-refractivity contribution < 1.29 is 14.3 Å². The van der Waals surface area contributed by atoms with Gasteiger partial charge in [-0.05, 0) is 0 Å². The number of fused-ring (bicyclic) bond motifs is 1. The molecule has 3 heterocycles. The molecule has 3 aliphatic heterocycles. The second kappa shape index (κ2) is 4.90. The quantitative estimate of drug-likeness (QED) is 0.150. The minimum atomic E-state index is -1.15. The Hall–Kier alpha value is 0.810. The first kappa shape index (κ1) is 15.3. The van der Waals surface area contributed by atoms with Gasteiger partial charge in [0.1, 0.15) is 0 Å². The molecule has 3 saturated heterocycles. The van der Waals surface area contributed by atoms with Gasteiger partial charge in [-0.2, -0.15) is 0 Å². The second-order valence-corrected chi connectivity index (χ2v) is 13.4. The monoisotopic (exact) mass is 520 g/mol. The zero-order chi connectivity index (χ0) is 14.9. The molecule has 0 aromatic rings. The fraction of sp³-hybridized carbons (Fsp3) is 0.929. The van der Waals surface area contributed by atoms with Crippen LogP contribution in [0.4, 0.5) is 0 Å². The predicted octanol–water partition coefficient (Wildman–Crippen LogP) is 3.01. The first-order chi connectivity index (χ1) is 9.90. The van der Waals surface area contributed by atoms with Crippen molar-refractivity contribution in [2.75, 3.05) is 0 Å². The van der Waals surface area contributed by atoms with Crippen molar-refractivity contribution >= 4 is 48.9 Å². The average Bonchev–Trinajstić information content (AvgIpc) is 3.25. The Labute approximate surface area is 146 Å². The molecule has 3 atom stereocenters. The van der Waals surface area contributed by atoms with Gasteiger partial charge in [0.2, 0.25) is 0 Å². The van der Waals surface area contributed by atoms with Gasteiger partial charge in [-0.25, -0.2) is 0 Å². The number of rotatable bonds is 3. The number of halogens is 2. The molecular weight excluding hydrogens is 498 g/mol. The number of ether oxygens (including phenoxy) is 2. The molecule has 1 saturated carbocycles. The van der Waals surface area contributed by atoms with Gasteiger partial charge >= 0.3 is 148 Å². The summed E-state index contributed by atoms with van der Waals surface area (Å²) in [7, 11) is 0. The van der Waals surface area contributed by atoms with Crippen LogP contribution in [0.3, 0.4) is 0 Å². The zero-order valence-corrected chi connectivity index (χ0v) is 16.7. The first-order valence-corrected chi connectivity index (χ1v) is 12.0. The van der Waals surface area contributed by atoms with E-state index in [2.05, 4.69) is 36.6 Å². The molecule has 5 nitrogen and oxygen atoms in total. The molecule has 0 bridgehead atoms. The maximum atomic E-state index is 12.7. The number of hydrogen-bond donors (Lipinski definition) is 2. The van der Waals surface area contributed by atoms with Gasteiger partial charge in [-0.1, -0.05) is 0 Å². The predicted molar refractivity (Wildman–Crippen MR) is 96.0 cm³/mol. The Morgan fingerprint density at radius 3 is 2.57 bits per heavy atom. The van der Waals surface area contributed by atoms with E-state index in [1.807, 2.05) is 6.92 Å². The van der Waals surface area contributed by atoms with E-state index >= 15 is 0 Å². The maximum absolute atomic E-state index is 12.7. The Morgan fingerprint density at radius 2 is 2.00 bits per heavy atom. The Bertz CT molecular complexity index is 473. The van der Waals surface area contributed by atoms with Gasteiger partial charge in [0, 0.05) is 0 Å². The van der Waals surface area contributed by atoms with Gasteiger partial charge in [0.25, 0.3) is 0 Å². The summed E-state index contributed by atoms with van der Waals surface area (Å²) in [6, 6.07) is 0. The van der Waals surface area contributed by atoms with Crippen molar-refractivity contribution in [1.82, 2.24) is 7.06 Å². The topological polar surface area (TPSA) is 79.4 Å². The van der Waals surface area contributed by atoms with Crippen LogP contribution in [-0.4, -0.2) is 25.5 Å². The van der Waals surface area contributed by atoms with E-state index in [9.17, 15) is 4.79 Å². The van der Waals surface area contributed by atoms with Gasteiger partial charge in [-0.15, -0.1) is 0 Å². The van der Waals surface area contributed by atoms with Gasteiger partial charge in [0.15, 0.2) is 0 Å². The summed E-state index contributed by atoms with van der Waals surface area (Å²) in [5.41, 5.74) is 0.0734. The molecule has 120 valence electrons. The van der Waals surface area contributed by atoms with E-state index in [0.717, 1.165) is 19.3 Å². The summed E-state index contributed by atoms with van der Waals surface area (Å²) in [5.74, 6) is -0.121. The summed E-state index contributed by atoms with van der Waals surface area (Å²) < 4.78 is 18.2. The van der Waals surface area contributed by atoms with Crippen molar-refractivity contribution in [3.63, 3.8) is 0 Å². The van der Waals surface area contributed by atoms with Crippen molar-refractivity contribution in [1.29, 1.82) is 0 Å². The van der Waals surface area contributed by atoms with Crippen molar-refractivity contribution in [3.8, 4) is 0 Å². The Balaban J connectivity index is 1.48. The number of nitrogens with one attached hydrogen (secondary N) is 2.